The third-order valence-corrected chi connectivity index (χ3v) is 4.01. The van der Waals surface area contributed by atoms with Crippen LogP contribution in [0.25, 0.3) is 0 Å². The SMILES string of the molecule is CN1CCOC(CN(CCO)C2CCCC2)C1. The molecule has 0 radical (unpaired) electrons. The average molecular weight is 242 g/mol. The molecule has 1 saturated heterocycles. The van der Waals surface area contributed by atoms with Crippen LogP contribution in [0.15, 0.2) is 0 Å². The molecule has 0 spiro atoms. The number of likely N-dealkylation sites (N-methyl/N-ethyl adjacent to an activating group) is 1. The Bertz CT molecular complexity index is 219. The summed E-state index contributed by atoms with van der Waals surface area (Å²) in [6.45, 7) is 4.95. The van der Waals surface area contributed by atoms with E-state index in [0.717, 1.165) is 32.8 Å². The smallest absolute Gasteiger partial charge is 0.0829 e. The number of ether oxygens (including phenoxy) is 1. The second-order valence-electron chi connectivity index (χ2n) is 5.41. The lowest BCUT2D eigenvalue weighted by molar-refractivity contribution is -0.0429. The number of hydrogen-bond donors (Lipinski definition) is 1. The van der Waals surface area contributed by atoms with Crippen molar-refractivity contribution in [3.63, 3.8) is 0 Å². The molecule has 2 rings (SSSR count). The molecular weight excluding hydrogens is 216 g/mol. The molecule has 2 aliphatic rings. The van der Waals surface area contributed by atoms with Gasteiger partial charge in [0.05, 0.1) is 19.3 Å². The zero-order valence-electron chi connectivity index (χ0n) is 11.0. The summed E-state index contributed by atoms with van der Waals surface area (Å²) in [5.74, 6) is 0. The summed E-state index contributed by atoms with van der Waals surface area (Å²) in [6.07, 6.45) is 5.60. The van der Waals surface area contributed by atoms with E-state index in [0.29, 0.717) is 12.1 Å². The number of aliphatic hydroxyl groups excluding tert-OH is 1. The van der Waals surface area contributed by atoms with Gasteiger partial charge < -0.3 is 14.7 Å². The molecule has 100 valence electrons. The van der Waals surface area contributed by atoms with Crippen LogP contribution in [0.2, 0.25) is 0 Å². The Morgan fingerprint density at radius 3 is 2.76 bits per heavy atom. The lowest BCUT2D eigenvalue weighted by atomic mass is 10.1. The van der Waals surface area contributed by atoms with Crippen LogP contribution in [0.5, 0.6) is 0 Å². The third-order valence-electron chi connectivity index (χ3n) is 4.01. The first-order chi connectivity index (χ1) is 8.29. The van der Waals surface area contributed by atoms with E-state index in [1.165, 1.54) is 25.7 Å². The van der Waals surface area contributed by atoms with E-state index in [1.807, 2.05) is 0 Å². The molecular formula is C13H26N2O2. The van der Waals surface area contributed by atoms with Crippen molar-refractivity contribution in [2.45, 2.75) is 37.8 Å². The molecule has 17 heavy (non-hydrogen) atoms. The van der Waals surface area contributed by atoms with Crippen LogP contribution in [0.4, 0.5) is 0 Å². The van der Waals surface area contributed by atoms with E-state index in [-0.39, 0.29) is 6.61 Å². The van der Waals surface area contributed by atoms with Crippen molar-refractivity contribution in [2.75, 3.05) is 46.4 Å². The first-order valence-corrected chi connectivity index (χ1v) is 6.94. The van der Waals surface area contributed by atoms with Crippen molar-refractivity contribution in [1.29, 1.82) is 0 Å². The summed E-state index contributed by atoms with van der Waals surface area (Å²) >= 11 is 0. The van der Waals surface area contributed by atoms with Crippen LogP contribution in [-0.4, -0.2) is 73.5 Å². The molecule has 1 atom stereocenters. The molecule has 0 amide bonds. The predicted molar refractivity (Wildman–Crippen MR) is 68.2 cm³/mol. The third kappa shape index (κ3) is 3.91. The van der Waals surface area contributed by atoms with Crippen LogP contribution in [0, 0.1) is 0 Å². The van der Waals surface area contributed by atoms with Gasteiger partial charge in [-0.1, -0.05) is 12.8 Å². The van der Waals surface area contributed by atoms with Gasteiger partial charge in [-0.2, -0.15) is 0 Å². The van der Waals surface area contributed by atoms with Gasteiger partial charge in [-0.15, -0.1) is 0 Å². The molecule has 4 heteroatoms. The zero-order valence-corrected chi connectivity index (χ0v) is 11.0. The largest absolute Gasteiger partial charge is 0.395 e. The maximum absolute atomic E-state index is 9.19. The Labute approximate surface area is 105 Å². The molecule has 0 bridgehead atoms. The van der Waals surface area contributed by atoms with Gasteiger partial charge in [0.2, 0.25) is 0 Å². The van der Waals surface area contributed by atoms with E-state index >= 15 is 0 Å². The summed E-state index contributed by atoms with van der Waals surface area (Å²) < 4.78 is 5.82. The minimum absolute atomic E-state index is 0.263. The van der Waals surface area contributed by atoms with Gasteiger partial charge in [0.25, 0.3) is 0 Å². The first kappa shape index (κ1) is 13.3. The Kier molecular flexibility index (Phi) is 5.22. The number of rotatable bonds is 5. The van der Waals surface area contributed by atoms with Crippen molar-refractivity contribution < 1.29 is 9.84 Å². The molecule has 1 unspecified atom stereocenters. The molecule has 4 nitrogen and oxygen atoms in total. The standard InChI is InChI=1S/C13H26N2O2/c1-14-7-9-17-13(10-14)11-15(6-8-16)12-4-2-3-5-12/h12-13,16H,2-11H2,1H3. The van der Waals surface area contributed by atoms with Crippen LogP contribution in [-0.2, 0) is 4.74 Å². The molecule has 1 saturated carbocycles. The summed E-state index contributed by atoms with van der Waals surface area (Å²) in [5, 5.41) is 9.19. The minimum atomic E-state index is 0.263. The van der Waals surface area contributed by atoms with E-state index < -0.39 is 0 Å². The normalized spacial score (nSPS) is 28.1. The number of hydrogen-bond acceptors (Lipinski definition) is 4. The van der Waals surface area contributed by atoms with Crippen molar-refractivity contribution in [3.05, 3.63) is 0 Å². The monoisotopic (exact) mass is 242 g/mol. The lowest BCUT2D eigenvalue weighted by Gasteiger charge is -2.36. The van der Waals surface area contributed by atoms with Crippen LogP contribution < -0.4 is 0 Å². The fourth-order valence-electron chi connectivity index (χ4n) is 3.06. The fourth-order valence-corrected chi connectivity index (χ4v) is 3.06. The van der Waals surface area contributed by atoms with Gasteiger partial charge in [0.15, 0.2) is 0 Å². The van der Waals surface area contributed by atoms with E-state index in [2.05, 4.69) is 16.8 Å². The number of morpholine rings is 1. The summed E-state index contributed by atoms with van der Waals surface area (Å²) in [5.41, 5.74) is 0. The highest BCUT2D eigenvalue weighted by Crippen LogP contribution is 2.23. The maximum atomic E-state index is 9.19. The average Bonchev–Trinajstić information content (AvgIpc) is 2.82. The van der Waals surface area contributed by atoms with Gasteiger partial charge >= 0.3 is 0 Å². The first-order valence-electron chi connectivity index (χ1n) is 6.94. The van der Waals surface area contributed by atoms with Crippen LogP contribution in [0.3, 0.4) is 0 Å². The molecule has 1 aliphatic carbocycles. The van der Waals surface area contributed by atoms with Crippen molar-refractivity contribution in [2.24, 2.45) is 0 Å². The molecule has 0 aromatic heterocycles. The van der Waals surface area contributed by atoms with Gasteiger partial charge in [-0.3, -0.25) is 4.90 Å². The van der Waals surface area contributed by atoms with Gasteiger partial charge in [-0.25, -0.2) is 0 Å². The Balaban J connectivity index is 1.83. The molecule has 1 heterocycles. The summed E-state index contributed by atoms with van der Waals surface area (Å²) in [4.78, 5) is 4.77. The Hall–Kier alpha value is -0.160. The highest BCUT2D eigenvalue weighted by molar-refractivity contribution is 4.81. The second kappa shape index (κ2) is 6.69. The minimum Gasteiger partial charge on any atom is -0.395 e. The highest BCUT2D eigenvalue weighted by atomic mass is 16.5. The Morgan fingerprint density at radius 1 is 1.35 bits per heavy atom. The number of aliphatic hydroxyl groups is 1. The topological polar surface area (TPSA) is 35.9 Å². The second-order valence-corrected chi connectivity index (χ2v) is 5.41. The van der Waals surface area contributed by atoms with E-state index in [1.54, 1.807) is 0 Å². The van der Waals surface area contributed by atoms with Gasteiger partial charge in [0, 0.05) is 32.2 Å². The van der Waals surface area contributed by atoms with Crippen LogP contribution >= 0.6 is 0 Å². The van der Waals surface area contributed by atoms with Gasteiger partial charge in [-0.05, 0) is 19.9 Å². The molecule has 2 fully saturated rings. The number of nitrogens with zero attached hydrogens (tertiary/aromatic N) is 2. The highest BCUT2D eigenvalue weighted by Gasteiger charge is 2.26. The Morgan fingerprint density at radius 2 is 2.12 bits per heavy atom. The molecule has 1 N–H and O–H groups in total. The molecule has 1 aliphatic heterocycles. The molecule has 0 aromatic carbocycles. The van der Waals surface area contributed by atoms with Crippen molar-refractivity contribution in [3.8, 4) is 0 Å². The maximum Gasteiger partial charge on any atom is 0.0829 e. The lowest BCUT2D eigenvalue weighted by Crippen LogP contribution is -2.48. The summed E-state index contributed by atoms with van der Waals surface area (Å²) in [7, 11) is 2.15. The van der Waals surface area contributed by atoms with Gasteiger partial charge in [0.1, 0.15) is 0 Å². The zero-order chi connectivity index (χ0) is 12.1. The van der Waals surface area contributed by atoms with Crippen LogP contribution in [0.1, 0.15) is 25.7 Å². The predicted octanol–water partition coefficient (Wildman–Crippen LogP) is 0.554. The van der Waals surface area contributed by atoms with E-state index in [9.17, 15) is 5.11 Å². The van der Waals surface area contributed by atoms with Crippen molar-refractivity contribution in [1.82, 2.24) is 9.80 Å². The molecule has 0 aromatic rings. The summed E-state index contributed by atoms with van der Waals surface area (Å²) in [6, 6.07) is 0.679. The fraction of sp³-hybridized carbons (Fsp3) is 1.00. The van der Waals surface area contributed by atoms with Crippen molar-refractivity contribution >= 4 is 0 Å². The van der Waals surface area contributed by atoms with E-state index in [4.69, 9.17) is 4.74 Å². The quantitative estimate of drug-likeness (QED) is 0.764.